The van der Waals surface area contributed by atoms with Crippen LogP contribution < -0.4 is 9.80 Å². The lowest BCUT2D eigenvalue weighted by Gasteiger charge is -2.36. The second-order valence-electron chi connectivity index (χ2n) is 6.53. The molecule has 1 aliphatic rings. The van der Waals surface area contributed by atoms with Gasteiger partial charge in [0, 0.05) is 45.5 Å². The molecule has 1 aromatic carbocycles. The van der Waals surface area contributed by atoms with Gasteiger partial charge in [-0.3, -0.25) is 0 Å². The van der Waals surface area contributed by atoms with Crippen molar-refractivity contribution >= 4 is 17.6 Å². The molecule has 1 aromatic heterocycles. The van der Waals surface area contributed by atoms with Gasteiger partial charge in [0.15, 0.2) is 5.82 Å². The van der Waals surface area contributed by atoms with Gasteiger partial charge in [-0.05, 0) is 31.5 Å². The quantitative estimate of drug-likeness (QED) is 0.782. The van der Waals surface area contributed by atoms with Gasteiger partial charge in [0.1, 0.15) is 6.61 Å². The van der Waals surface area contributed by atoms with Gasteiger partial charge >= 0.3 is 6.09 Å². The fraction of sp³-hybridized carbons (Fsp3) is 0.429. The SMILES string of the molecule is CCN(CC)c1cccnc1N1CCN(C(=O)OCc2ccccc2)CC1. The van der Waals surface area contributed by atoms with Crippen LogP contribution in [0.2, 0.25) is 0 Å². The number of amides is 1. The second-order valence-corrected chi connectivity index (χ2v) is 6.53. The maximum atomic E-state index is 12.3. The average Bonchev–Trinajstić information content (AvgIpc) is 2.74. The summed E-state index contributed by atoms with van der Waals surface area (Å²) in [5, 5.41) is 0. The smallest absolute Gasteiger partial charge is 0.410 e. The van der Waals surface area contributed by atoms with Crippen LogP contribution in [-0.2, 0) is 11.3 Å². The molecule has 1 fully saturated rings. The Morgan fingerprint density at radius 2 is 1.74 bits per heavy atom. The lowest BCUT2D eigenvalue weighted by atomic mass is 10.2. The van der Waals surface area contributed by atoms with E-state index in [2.05, 4.69) is 34.7 Å². The van der Waals surface area contributed by atoms with Crippen molar-refractivity contribution in [1.29, 1.82) is 0 Å². The summed E-state index contributed by atoms with van der Waals surface area (Å²) >= 11 is 0. The Morgan fingerprint density at radius 3 is 2.41 bits per heavy atom. The standard InChI is InChI=1S/C21H28N4O2/c1-3-23(4-2)19-11-8-12-22-20(19)24-13-15-25(16-14-24)21(26)27-17-18-9-6-5-7-10-18/h5-12H,3-4,13-17H2,1-2H3. The number of rotatable bonds is 6. The maximum absolute atomic E-state index is 12.3. The molecule has 0 unspecified atom stereocenters. The van der Waals surface area contributed by atoms with Gasteiger partial charge in [-0.25, -0.2) is 9.78 Å². The van der Waals surface area contributed by atoms with Crippen molar-refractivity contribution in [2.24, 2.45) is 0 Å². The van der Waals surface area contributed by atoms with Gasteiger partial charge in [-0.15, -0.1) is 0 Å². The molecule has 1 saturated heterocycles. The van der Waals surface area contributed by atoms with Crippen molar-refractivity contribution in [2.45, 2.75) is 20.5 Å². The van der Waals surface area contributed by atoms with E-state index < -0.39 is 0 Å². The highest BCUT2D eigenvalue weighted by Crippen LogP contribution is 2.27. The molecular weight excluding hydrogens is 340 g/mol. The van der Waals surface area contributed by atoms with E-state index in [0.717, 1.165) is 43.2 Å². The first-order chi connectivity index (χ1) is 13.2. The van der Waals surface area contributed by atoms with Crippen molar-refractivity contribution in [3.05, 3.63) is 54.2 Å². The number of piperazine rings is 1. The van der Waals surface area contributed by atoms with Crippen LogP contribution >= 0.6 is 0 Å². The Bertz CT molecular complexity index is 726. The third-order valence-electron chi connectivity index (χ3n) is 4.91. The Morgan fingerprint density at radius 1 is 1.04 bits per heavy atom. The van der Waals surface area contributed by atoms with Crippen molar-refractivity contribution in [3.63, 3.8) is 0 Å². The van der Waals surface area contributed by atoms with E-state index in [-0.39, 0.29) is 6.09 Å². The van der Waals surface area contributed by atoms with E-state index >= 15 is 0 Å². The predicted molar refractivity (Wildman–Crippen MR) is 108 cm³/mol. The van der Waals surface area contributed by atoms with Gasteiger partial charge in [-0.2, -0.15) is 0 Å². The van der Waals surface area contributed by atoms with Gasteiger partial charge in [-0.1, -0.05) is 30.3 Å². The highest BCUT2D eigenvalue weighted by Gasteiger charge is 2.25. The predicted octanol–water partition coefficient (Wildman–Crippen LogP) is 3.39. The van der Waals surface area contributed by atoms with E-state index in [0.29, 0.717) is 19.7 Å². The third kappa shape index (κ3) is 4.70. The second kappa shape index (κ2) is 9.26. The third-order valence-corrected chi connectivity index (χ3v) is 4.91. The van der Waals surface area contributed by atoms with Crippen LogP contribution in [-0.4, -0.2) is 55.2 Å². The van der Waals surface area contributed by atoms with Crippen molar-refractivity contribution < 1.29 is 9.53 Å². The minimum absolute atomic E-state index is 0.247. The number of nitrogens with zero attached hydrogens (tertiary/aromatic N) is 4. The van der Waals surface area contributed by atoms with Gasteiger partial charge in [0.25, 0.3) is 0 Å². The van der Waals surface area contributed by atoms with E-state index in [1.807, 2.05) is 42.6 Å². The van der Waals surface area contributed by atoms with Crippen LogP contribution in [0.3, 0.4) is 0 Å². The topological polar surface area (TPSA) is 48.9 Å². The first kappa shape index (κ1) is 19.0. The summed E-state index contributed by atoms with van der Waals surface area (Å²) in [5.41, 5.74) is 2.16. The lowest BCUT2D eigenvalue weighted by molar-refractivity contribution is 0.0941. The summed E-state index contributed by atoms with van der Waals surface area (Å²) in [7, 11) is 0. The Balaban J connectivity index is 1.57. The fourth-order valence-corrected chi connectivity index (χ4v) is 3.35. The van der Waals surface area contributed by atoms with Gasteiger partial charge in [0.2, 0.25) is 0 Å². The zero-order valence-corrected chi connectivity index (χ0v) is 16.2. The molecule has 0 atom stereocenters. The normalized spacial score (nSPS) is 14.1. The number of pyridine rings is 1. The van der Waals surface area contributed by atoms with Gasteiger partial charge in [0.05, 0.1) is 5.69 Å². The minimum Gasteiger partial charge on any atom is -0.445 e. The molecule has 144 valence electrons. The molecule has 0 saturated carbocycles. The summed E-state index contributed by atoms with van der Waals surface area (Å²) in [6, 6.07) is 13.9. The number of benzene rings is 1. The number of carbonyl (C=O) groups is 1. The van der Waals surface area contributed by atoms with E-state index in [9.17, 15) is 4.79 Å². The molecule has 2 heterocycles. The highest BCUT2D eigenvalue weighted by molar-refractivity contribution is 5.70. The molecule has 6 nitrogen and oxygen atoms in total. The van der Waals surface area contributed by atoms with E-state index in [4.69, 9.17) is 4.74 Å². The van der Waals surface area contributed by atoms with Crippen molar-refractivity contribution in [2.75, 3.05) is 49.1 Å². The molecule has 0 spiro atoms. The van der Waals surface area contributed by atoms with Crippen LogP contribution in [0, 0.1) is 0 Å². The van der Waals surface area contributed by atoms with Crippen LogP contribution in [0.5, 0.6) is 0 Å². The molecule has 3 rings (SSSR count). The molecule has 2 aromatic rings. The van der Waals surface area contributed by atoms with Crippen molar-refractivity contribution in [1.82, 2.24) is 9.88 Å². The highest BCUT2D eigenvalue weighted by atomic mass is 16.6. The lowest BCUT2D eigenvalue weighted by Crippen LogP contribution is -2.49. The Kier molecular flexibility index (Phi) is 6.52. The molecule has 6 heteroatoms. The minimum atomic E-state index is -0.247. The molecular formula is C21H28N4O2. The van der Waals surface area contributed by atoms with Crippen molar-refractivity contribution in [3.8, 4) is 0 Å². The first-order valence-corrected chi connectivity index (χ1v) is 9.63. The number of ether oxygens (including phenoxy) is 1. The maximum Gasteiger partial charge on any atom is 0.410 e. The van der Waals surface area contributed by atoms with E-state index in [1.54, 1.807) is 4.90 Å². The van der Waals surface area contributed by atoms with Gasteiger partial charge < -0.3 is 19.4 Å². The summed E-state index contributed by atoms with van der Waals surface area (Å²) < 4.78 is 5.45. The summed E-state index contributed by atoms with van der Waals surface area (Å²) in [4.78, 5) is 23.3. The average molecular weight is 368 g/mol. The van der Waals surface area contributed by atoms with Crippen LogP contribution in [0.1, 0.15) is 19.4 Å². The van der Waals surface area contributed by atoms with E-state index in [1.165, 1.54) is 0 Å². The monoisotopic (exact) mass is 368 g/mol. The van der Waals surface area contributed by atoms with Crippen LogP contribution in [0.4, 0.5) is 16.3 Å². The van der Waals surface area contributed by atoms with Crippen LogP contribution in [0.15, 0.2) is 48.7 Å². The zero-order chi connectivity index (χ0) is 19.1. The number of hydrogen-bond donors (Lipinski definition) is 0. The number of anilines is 2. The molecule has 0 aliphatic carbocycles. The molecule has 27 heavy (non-hydrogen) atoms. The molecule has 0 radical (unpaired) electrons. The largest absolute Gasteiger partial charge is 0.445 e. The molecule has 0 N–H and O–H groups in total. The number of carbonyl (C=O) groups excluding carboxylic acids is 1. The van der Waals surface area contributed by atoms with Crippen LogP contribution in [0.25, 0.3) is 0 Å². The fourth-order valence-electron chi connectivity index (χ4n) is 3.35. The zero-order valence-electron chi connectivity index (χ0n) is 16.2. The number of hydrogen-bond acceptors (Lipinski definition) is 5. The molecule has 1 aliphatic heterocycles. The Hall–Kier alpha value is -2.76. The summed E-state index contributed by atoms with van der Waals surface area (Å²) in [5.74, 6) is 0.999. The summed E-state index contributed by atoms with van der Waals surface area (Å²) in [6.45, 7) is 9.30. The molecule has 1 amide bonds. The summed E-state index contributed by atoms with van der Waals surface area (Å²) in [6.07, 6.45) is 1.59. The number of aromatic nitrogens is 1. The first-order valence-electron chi connectivity index (χ1n) is 9.63. The molecule has 0 bridgehead atoms. The Labute approximate surface area is 161 Å².